The molecule has 0 unspecified atom stereocenters. The third-order valence-electron chi connectivity index (χ3n) is 3.59. The molecule has 0 fully saturated rings. The number of carbonyl (C=O) groups excluding carboxylic acids is 2. The second-order valence-corrected chi connectivity index (χ2v) is 6.56. The van der Waals surface area contributed by atoms with Crippen LogP contribution in [0.4, 0.5) is 5.69 Å². The number of ether oxygens (including phenoxy) is 3. The van der Waals surface area contributed by atoms with Crippen LogP contribution in [0.5, 0.6) is 0 Å². The smallest absolute Gasteiger partial charge is 0.355 e. The number of rotatable bonds is 4. The van der Waals surface area contributed by atoms with Crippen LogP contribution in [0.2, 0.25) is 0 Å². The van der Waals surface area contributed by atoms with Crippen LogP contribution in [0.3, 0.4) is 0 Å². The van der Waals surface area contributed by atoms with Crippen LogP contribution in [0.1, 0.15) is 5.56 Å². The molecule has 0 atom stereocenters. The predicted molar refractivity (Wildman–Crippen MR) is 85.3 cm³/mol. The van der Waals surface area contributed by atoms with Gasteiger partial charge in [0.1, 0.15) is 12.4 Å². The number of methoxy groups -OCH3 is 2. The standard InChI is InChI=1S/C15H17NO8S/c1-9-6-10(25(19,20)21)4-5-12(9)16-8-24-7-11(14(17)22-2)13(16)15(18)23-3/h4-6H,7-8H2,1-3H3,(H,19,20,21). The van der Waals surface area contributed by atoms with E-state index in [0.717, 1.165) is 0 Å². The second kappa shape index (κ2) is 7.21. The molecule has 1 aliphatic rings. The number of benzene rings is 1. The summed E-state index contributed by atoms with van der Waals surface area (Å²) in [6, 6.07) is 3.82. The topological polar surface area (TPSA) is 119 Å². The molecule has 1 aromatic carbocycles. The Labute approximate surface area is 144 Å². The maximum atomic E-state index is 12.2. The molecule has 0 saturated heterocycles. The fourth-order valence-electron chi connectivity index (χ4n) is 2.42. The molecular formula is C15H17NO8S. The number of hydrogen-bond acceptors (Lipinski definition) is 8. The van der Waals surface area contributed by atoms with Gasteiger partial charge in [-0.2, -0.15) is 8.42 Å². The van der Waals surface area contributed by atoms with Gasteiger partial charge in [0.15, 0.2) is 0 Å². The minimum Gasteiger partial charge on any atom is -0.466 e. The molecule has 0 spiro atoms. The Kier molecular flexibility index (Phi) is 5.45. The molecule has 2 rings (SSSR count). The van der Waals surface area contributed by atoms with Crippen molar-refractivity contribution in [3.05, 3.63) is 35.0 Å². The number of hydrogen-bond donors (Lipinski definition) is 1. The Morgan fingerprint density at radius 3 is 2.36 bits per heavy atom. The molecule has 0 aliphatic carbocycles. The van der Waals surface area contributed by atoms with Crippen molar-refractivity contribution in [3.8, 4) is 0 Å². The van der Waals surface area contributed by atoms with Gasteiger partial charge in [0.2, 0.25) is 0 Å². The van der Waals surface area contributed by atoms with Crippen molar-refractivity contribution in [2.24, 2.45) is 0 Å². The molecule has 9 nitrogen and oxygen atoms in total. The van der Waals surface area contributed by atoms with Gasteiger partial charge in [-0.25, -0.2) is 9.59 Å². The van der Waals surface area contributed by atoms with E-state index < -0.39 is 22.1 Å². The molecule has 0 saturated carbocycles. The van der Waals surface area contributed by atoms with Gasteiger partial charge in [0.25, 0.3) is 10.1 Å². The first kappa shape index (κ1) is 18.9. The van der Waals surface area contributed by atoms with Gasteiger partial charge >= 0.3 is 11.9 Å². The van der Waals surface area contributed by atoms with Gasteiger partial charge < -0.3 is 19.1 Å². The summed E-state index contributed by atoms with van der Waals surface area (Å²) >= 11 is 0. The Balaban J connectivity index is 2.60. The first-order valence-corrected chi connectivity index (χ1v) is 8.48. The molecule has 136 valence electrons. The monoisotopic (exact) mass is 371 g/mol. The number of nitrogens with zero attached hydrogens (tertiary/aromatic N) is 1. The first-order valence-electron chi connectivity index (χ1n) is 7.04. The first-order chi connectivity index (χ1) is 11.7. The highest BCUT2D eigenvalue weighted by Gasteiger charge is 2.33. The van der Waals surface area contributed by atoms with E-state index in [4.69, 9.17) is 14.0 Å². The summed E-state index contributed by atoms with van der Waals surface area (Å²) in [4.78, 5) is 25.2. The SMILES string of the molecule is COC(=O)C1=C(C(=O)OC)N(c2ccc(S(=O)(=O)O)cc2C)COC1. The van der Waals surface area contributed by atoms with Crippen LogP contribution < -0.4 is 4.90 Å². The number of aryl methyl sites for hydroxylation is 1. The summed E-state index contributed by atoms with van der Waals surface area (Å²) in [7, 11) is -2.01. The Morgan fingerprint density at radius 2 is 1.84 bits per heavy atom. The molecule has 1 heterocycles. The van der Waals surface area contributed by atoms with Gasteiger partial charge in [-0.1, -0.05) is 0 Å². The fourth-order valence-corrected chi connectivity index (χ4v) is 2.99. The Morgan fingerprint density at radius 1 is 1.20 bits per heavy atom. The average Bonchev–Trinajstić information content (AvgIpc) is 2.58. The van der Waals surface area contributed by atoms with Crippen molar-refractivity contribution in [2.75, 3.05) is 32.5 Å². The maximum Gasteiger partial charge on any atom is 0.355 e. The predicted octanol–water partition coefficient (Wildman–Crippen LogP) is 0.636. The highest BCUT2D eigenvalue weighted by molar-refractivity contribution is 7.85. The van der Waals surface area contributed by atoms with E-state index in [2.05, 4.69) is 4.74 Å². The summed E-state index contributed by atoms with van der Waals surface area (Å²) in [5.41, 5.74) is 0.780. The normalized spacial score (nSPS) is 15.1. The molecule has 10 heteroatoms. The zero-order valence-electron chi connectivity index (χ0n) is 13.8. The summed E-state index contributed by atoms with van der Waals surface area (Å²) < 4.78 is 46.4. The zero-order valence-corrected chi connectivity index (χ0v) is 14.6. The molecule has 0 aromatic heterocycles. The number of anilines is 1. The Bertz CT molecular complexity index is 843. The van der Waals surface area contributed by atoms with Gasteiger partial charge in [0, 0.05) is 5.69 Å². The van der Waals surface area contributed by atoms with E-state index in [1.54, 1.807) is 6.92 Å². The van der Waals surface area contributed by atoms with E-state index in [1.807, 2.05) is 0 Å². The van der Waals surface area contributed by atoms with Gasteiger partial charge in [-0.3, -0.25) is 4.55 Å². The van der Waals surface area contributed by atoms with Crippen molar-refractivity contribution in [1.29, 1.82) is 0 Å². The maximum absolute atomic E-state index is 12.2. The van der Waals surface area contributed by atoms with E-state index in [9.17, 15) is 18.0 Å². The van der Waals surface area contributed by atoms with Crippen molar-refractivity contribution in [1.82, 2.24) is 0 Å². The summed E-state index contributed by atoms with van der Waals surface area (Å²) in [6.07, 6.45) is 0. The van der Waals surface area contributed by atoms with Gasteiger partial charge in [0.05, 0.1) is 31.3 Å². The van der Waals surface area contributed by atoms with E-state index >= 15 is 0 Å². The molecule has 1 N–H and O–H groups in total. The van der Waals surface area contributed by atoms with Crippen LogP contribution >= 0.6 is 0 Å². The summed E-state index contributed by atoms with van der Waals surface area (Å²) in [5, 5.41) is 0. The molecular weight excluding hydrogens is 354 g/mol. The number of carbonyl (C=O) groups is 2. The quantitative estimate of drug-likeness (QED) is 0.600. The van der Waals surface area contributed by atoms with E-state index in [0.29, 0.717) is 11.3 Å². The van der Waals surface area contributed by atoms with Crippen molar-refractivity contribution in [2.45, 2.75) is 11.8 Å². The molecule has 0 radical (unpaired) electrons. The summed E-state index contributed by atoms with van der Waals surface area (Å²) in [6.45, 7) is 1.40. The highest BCUT2D eigenvalue weighted by atomic mass is 32.2. The van der Waals surface area contributed by atoms with Crippen molar-refractivity contribution < 1.29 is 36.8 Å². The van der Waals surface area contributed by atoms with Gasteiger partial charge in [-0.15, -0.1) is 0 Å². The van der Waals surface area contributed by atoms with Crippen molar-refractivity contribution >= 4 is 27.7 Å². The van der Waals surface area contributed by atoms with Crippen LogP contribution in [0, 0.1) is 6.92 Å². The van der Waals surface area contributed by atoms with Crippen molar-refractivity contribution in [3.63, 3.8) is 0 Å². The number of esters is 2. The fraction of sp³-hybridized carbons (Fsp3) is 0.333. The average molecular weight is 371 g/mol. The minimum atomic E-state index is -4.36. The third kappa shape index (κ3) is 3.81. The zero-order chi connectivity index (χ0) is 18.8. The third-order valence-corrected chi connectivity index (χ3v) is 4.44. The van der Waals surface area contributed by atoms with Gasteiger partial charge in [-0.05, 0) is 30.7 Å². The van der Waals surface area contributed by atoms with Crippen LogP contribution in [0.25, 0.3) is 0 Å². The lowest BCUT2D eigenvalue weighted by Crippen LogP contribution is -2.39. The summed E-state index contributed by atoms with van der Waals surface area (Å²) in [5.74, 6) is -1.50. The molecule has 0 amide bonds. The van der Waals surface area contributed by atoms with E-state index in [1.165, 1.54) is 37.3 Å². The lowest BCUT2D eigenvalue weighted by atomic mass is 10.1. The molecule has 25 heavy (non-hydrogen) atoms. The lowest BCUT2D eigenvalue weighted by Gasteiger charge is -2.32. The van der Waals surface area contributed by atoms with E-state index in [-0.39, 0.29) is 29.5 Å². The second-order valence-electron chi connectivity index (χ2n) is 5.14. The van der Waals surface area contributed by atoms with Crippen LogP contribution in [0.15, 0.2) is 34.4 Å². The Hall–Kier alpha value is -2.43. The highest BCUT2D eigenvalue weighted by Crippen LogP contribution is 2.30. The molecule has 1 aliphatic heterocycles. The van der Waals surface area contributed by atoms with Crippen LogP contribution in [-0.4, -0.2) is 52.5 Å². The van der Waals surface area contributed by atoms with Crippen LogP contribution in [-0.2, 0) is 33.9 Å². The largest absolute Gasteiger partial charge is 0.466 e. The lowest BCUT2D eigenvalue weighted by molar-refractivity contribution is -0.140. The molecule has 0 bridgehead atoms. The minimum absolute atomic E-state index is 0.0149. The molecule has 1 aromatic rings.